The maximum absolute atomic E-state index is 11.9. The number of aromatic nitrogens is 2. The highest BCUT2D eigenvalue weighted by molar-refractivity contribution is 6.30. The minimum Gasteiger partial charge on any atom is -0.480 e. The van der Waals surface area contributed by atoms with Crippen LogP contribution in [0.1, 0.15) is 19.2 Å². The Labute approximate surface area is 137 Å². The van der Waals surface area contributed by atoms with E-state index in [1.165, 1.54) is 18.9 Å². The zero-order valence-electron chi connectivity index (χ0n) is 12.7. The number of hydrogen-bond acceptors (Lipinski definition) is 5. The van der Waals surface area contributed by atoms with E-state index in [0.717, 1.165) is 5.56 Å². The summed E-state index contributed by atoms with van der Waals surface area (Å²) in [6, 6.07) is 6.10. The van der Waals surface area contributed by atoms with Gasteiger partial charge in [0.1, 0.15) is 6.04 Å². The lowest BCUT2D eigenvalue weighted by Gasteiger charge is -2.20. The summed E-state index contributed by atoms with van der Waals surface area (Å²) in [5.41, 5.74) is 0.757. The number of likely N-dealkylation sites (N-methyl/N-ethyl adjacent to an activating group) is 1. The van der Waals surface area contributed by atoms with Crippen LogP contribution in [0.15, 0.2) is 28.8 Å². The van der Waals surface area contributed by atoms with Crippen LogP contribution in [-0.2, 0) is 16.0 Å². The highest BCUT2D eigenvalue weighted by atomic mass is 35.5. The largest absolute Gasteiger partial charge is 0.480 e. The Hall–Kier alpha value is -2.41. The average Bonchev–Trinajstić information content (AvgIpc) is 3.00. The summed E-state index contributed by atoms with van der Waals surface area (Å²) in [7, 11) is 1.45. The molecule has 0 saturated carbocycles. The molecule has 0 spiro atoms. The topological polar surface area (TPSA) is 96.5 Å². The van der Waals surface area contributed by atoms with Crippen molar-refractivity contribution in [3.05, 3.63) is 35.2 Å². The highest BCUT2D eigenvalue weighted by Gasteiger charge is 2.22. The SMILES string of the molecule is CC(C(=O)O)N(C)C(=O)CCc1nc(-c2ccc(Cl)cc2)no1. The van der Waals surface area contributed by atoms with Crippen molar-refractivity contribution in [3.63, 3.8) is 0 Å². The maximum Gasteiger partial charge on any atom is 0.326 e. The Morgan fingerprint density at radius 2 is 2.00 bits per heavy atom. The molecule has 1 heterocycles. The smallest absolute Gasteiger partial charge is 0.326 e. The van der Waals surface area contributed by atoms with E-state index in [-0.39, 0.29) is 18.7 Å². The number of aliphatic carboxylic acids is 1. The number of carbonyl (C=O) groups is 2. The van der Waals surface area contributed by atoms with Gasteiger partial charge in [-0.1, -0.05) is 16.8 Å². The van der Waals surface area contributed by atoms with E-state index >= 15 is 0 Å². The van der Waals surface area contributed by atoms with Crippen LogP contribution in [0.5, 0.6) is 0 Å². The number of hydrogen-bond donors (Lipinski definition) is 1. The van der Waals surface area contributed by atoms with Gasteiger partial charge in [-0.15, -0.1) is 0 Å². The van der Waals surface area contributed by atoms with Gasteiger partial charge < -0.3 is 14.5 Å². The van der Waals surface area contributed by atoms with Crippen LogP contribution < -0.4 is 0 Å². The minimum atomic E-state index is -1.05. The summed E-state index contributed by atoms with van der Waals surface area (Å²) in [6.07, 6.45) is 0.340. The first kappa shape index (κ1) is 17.0. The van der Waals surface area contributed by atoms with E-state index in [9.17, 15) is 9.59 Å². The number of carboxylic acids is 1. The number of amides is 1. The summed E-state index contributed by atoms with van der Waals surface area (Å²) in [4.78, 5) is 28.2. The van der Waals surface area contributed by atoms with Crippen molar-refractivity contribution in [2.45, 2.75) is 25.8 Å². The fraction of sp³-hybridized carbons (Fsp3) is 0.333. The standard InChI is InChI=1S/C15H16ClN3O4/c1-9(15(21)22)19(2)13(20)8-7-12-17-14(18-23-12)10-3-5-11(16)6-4-10/h3-6,9H,7-8H2,1-2H3,(H,21,22). The number of carboxylic acid groups (broad SMARTS) is 1. The Bertz CT molecular complexity index is 699. The molecule has 0 bridgehead atoms. The lowest BCUT2D eigenvalue weighted by molar-refractivity contribution is -0.148. The van der Waals surface area contributed by atoms with E-state index in [1.54, 1.807) is 24.3 Å². The second kappa shape index (κ2) is 7.23. The van der Waals surface area contributed by atoms with Gasteiger partial charge in [0, 0.05) is 30.5 Å². The van der Waals surface area contributed by atoms with E-state index in [0.29, 0.717) is 16.7 Å². The number of nitrogens with zero attached hydrogens (tertiary/aromatic N) is 3. The molecule has 7 nitrogen and oxygen atoms in total. The van der Waals surface area contributed by atoms with Crippen molar-refractivity contribution >= 4 is 23.5 Å². The monoisotopic (exact) mass is 337 g/mol. The number of rotatable bonds is 6. The lowest BCUT2D eigenvalue weighted by Crippen LogP contribution is -2.40. The molecule has 1 aromatic heterocycles. The van der Waals surface area contributed by atoms with Gasteiger partial charge >= 0.3 is 5.97 Å². The fourth-order valence-corrected chi connectivity index (χ4v) is 1.97. The minimum absolute atomic E-state index is 0.0936. The van der Waals surface area contributed by atoms with Crippen molar-refractivity contribution in [3.8, 4) is 11.4 Å². The Kier molecular flexibility index (Phi) is 5.33. The van der Waals surface area contributed by atoms with Gasteiger partial charge in [-0.3, -0.25) is 4.79 Å². The summed E-state index contributed by atoms with van der Waals surface area (Å²) < 4.78 is 5.11. The molecule has 2 rings (SSSR count). The normalized spacial score (nSPS) is 12.0. The van der Waals surface area contributed by atoms with Gasteiger partial charge in [-0.05, 0) is 31.2 Å². The zero-order valence-corrected chi connectivity index (χ0v) is 13.4. The van der Waals surface area contributed by atoms with Gasteiger partial charge in [-0.2, -0.15) is 4.98 Å². The van der Waals surface area contributed by atoms with Crippen LogP contribution in [0, 0.1) is 0 Å². The first-order valence-electron chi connectivity index (χ1n) is 6.95. The molecule has 0 aliphatic carbocycles. The van der Waals surface area contributed by atoms with Gasteiger partial charge in [-0.25, -0.2) is 4.79 Å². The predicted octanol–water partition coefficient (Wildman–Crippen LogP) is 2.25. The Morgan fingerprint density at radius 1 is 1.35 bits per heavy atom. The first-order valence-corrected chi connectivity index (χ1v) is 7.33. The van der Waals surface area contributed by atoms with Crippen molar-refractivity contribution in [1.29, 1.82) is 0 Å². The van der Waals surface area contributed by atoms with Crippen LogP contribution in [0.2, 0.25) is 5.02 Å². The lowest BCUT2D eigenvalue weighted by atomic mass is 10.2. The maximum atomic E-state index is 11.9. The average molecular weight is 338 g/mol. The van der Waals surface area contributed by atoms with Gasteiger partial charge in [0.15, 0.2) is 0 Å². The molecule has 23 heavy (non-hydrogen) atoms. The van der Waals surface area contributed by atoms with E-state index < -0.39 is 12.0 Å². The molecule has 0 saturated heterocycles. The van der Waals surface area contributed by atoms with Crippen LogP contribution in [0.25, 0.3) is 11.4 Å². The van der Waals surface area contributed by atoms with Gasteiger partial charge in [0.25, 0.3) is 0 Å². The number of halogens is 1. The van der Waals surface area contributed by atoms with Crippen molar-refractivity contribution in [2.24, 2.45) is 0 Å². The molecule has 1 N–H and O–H groups in total. The fourth-order valence-electron chi connectivity index (χ4n) is 1.84. The predicted molar refractivity (Wildman–Crippen MR) is 82.9 cm³/mol. The van der Waals surface area contributed by atoms with Gasteiger partial charge in [0.2, 0.25) is 17.6 Å². The highest BCUT2D eigenvalue weighted by Crippen LogP contribution is 2.19. The summed E-state index contributed by atoms with van der Waals surface area (Å²) in [5.74, 6) is -0.620. The molecule has 0 fully saturated rings. The molecule has 0 aliphatic heterocycles. The molecule has 122 valence electrons. The van der Waals surface area contributed by atoms with Crippen molar-refractivity contribution in [1.82, 2.24) is 15.0 Å². The second-order valence-electron chi connectivity index (χ2n) is 5.04. The summed E-state index contributed by atoms with van der Waals surface area (Å²) >= 11 is 5.82. The molecule has 1 unspecified atom stereocenters. The molecular formula is C15H16ClN3O4. The third-order valence-corrected chi connectivity index (χ3v) is 3.71. The van der Waals surface area contributed by atoms with Crippen molar-refractivity contribution < 1.29 is 19.2 Å². The van der Waals surface area contributed by atoms with Crippen LogP contribution in [0.4, 0.5) is 0 Å². The molecule has 1 atom stereocenters. The third-order valence-electron chi connectivity index (χ3n) is 3.45. The molecule has 1 aromatic carbocycles. The molecular weight excluding hydrogens is 322 g/mol. The summed E-state index contributed by atoms with van der Waals surface area (Å²) in [5, 5.41) is 13.4. The number of carbonyl (C=O) groups excluding carboxylic acids is 1. The zero-order chi connectivity index (χ0) is 17.0. The quantitative estimate of drug-likeness (QED) is 0.868. The van der Waals surface area contributed by atoms with Gasteiger partial charge in [0.05, 0.1) is 0 Å². The number of benzene rings is 1. The van der Waals surface area contributed by atoms with Crippen molar-refractivity contribution in [2.75, 3.05) is 7.05 Å². The third kappa shape index (κ3) is 4.29. The van der Waals surface area contributed by atoms with Crippen LogP contribution >= 0.6 is 11.6 Å². The second-order valence-corrected chi connectivity index (χ2v) is 5.47. The molecule has 2 aromatic rings. The molecule has 0 radical (unpaired) electrons. The molecule has 8 heteroatoms. The van der Waals surface area contributed by atoms with E-state index in [4.69, 9.17) is 21.2 Å². The van der Waals surface area contributed by atoms with Crippen LogP contribution in [-0.4, -0.2) is 45.1 Å². The number of aryl methyl sites for hydroxylation is 1. The van der Waals surface area contributed by atoms with E-state index in [1.807, 2.05) is 0 Å². The Balaban J connectivity index is 1.96. The van der Waals surface area contributed by atoms with E-state index in [2.05, 4.69) is 10.1 Å². The first-order chi connectivity index (χ1) is 10.9. The molecule has 1 amide bonds. The Morgan fingerprint density at radius 3 is 2.61 bits per heavy atom. The summed E-state index contributed by atoms with van der Waals surface area (Å²) in [6.45, 7) is 1.45. The molecule has 0 aliphatic rings. The van der Waals surface area contributed by atoms with Crippen LogP contribution in [0.3, 0.4) is 0 Å².